The van der Waals surface area contributed by atoms with Crippen LogP contribution in [0.25, 0.3) is 0 Å². The Labute approximate surface area is 231 Å². The Kier molecular flexibility index (Phi) is 14.6. The van der Waals surface area contributed by atoms with Gasteiger partial charge in [0.15, 0.2) is 0 Å². The van der Waals surface area contributed by atoms with Gasteiger partial charge < -0.3 is 35.9 Å². The first-order valence-electron chi connectivity index (χ1n) is 12.7. The van der Waals surface area contributed by atoms with Gasteiger partial charge in [0.25, 0.3) is 11.8 Å². The van der Waals surface area contributed by atoms with Crippen molar-refractivity contribution in [2.24, 2.45) is 5.73 Å². The Balaban J connectivity index is 1.42. The van der Waals surface area contributed by atoms with Crippen molar-refractivity contribution in [3.8, 4) is 0 Å². The number of carbonyl (C=O) groups excluding carboxylic acids is 6. The number of primary amides is 1. The molecule has 0 aliphatic carbocycles. The number of ether oxygens (including phenoxy) is 3. The minimum absolute atomic E-state index is 0.0272. The SMILES string of the molecule is NC(=O)C(Cc1ccccc1)NC(=O)CNC(=O)CNC(=O)CCOCCOCCOCCN1C(=O)C=CC1=O. The Morgan fingerprint density at radius 2 is 1.30 bits per heavy atom. The van der Waals surface area contributed by atoms with Crippen LogP contribution < -0.4 is 21.7 Å². The van der Waals surface area contributed by atoms with Crippen LogP contribution >= 0.6 is 0 Å². The minimum Gasteiger partial charge on any atom is -0.379 e. The summed E-state index contributed by atoms with van der Waals surface area (Å²) < 4.78 is 15.9. The van der Waals surface area contributed by atoms with Crippen molar-refractivity contribution < 1.29 is 43.0 Å². The van der Waals surface area contributed by atoms with Gasteiger partial charge in [0.2, 0.25) is 23.6 Å². The van der Waals surface area contributed by atoms with Crippen LogP contribution in [-0.4, -0.2) is 106 Å². The average molecular weight is 562 g/mol. The van der Waals surface area contributed by atoms with Gasteiger partial charge in [-0.1, -0.05) is 30.3 Å². The summed E-state index contributed by atoms with van der Waals surface area (Å²) in [5.41, 5.74) is 6.18. The zero-order chi connectivity index (χ0) is 29.2. The lowest BCUT2D eigenvalue weighted by molar-refractivity contribution is -0.137. The average Bonchev–Trinajstić information content (AvgIpc) is 3.26. The van der Waals surface area contributed by atoms with E-state index < -0.39 is 29.7 Å². The van der Waals surface area contributed by atoms with Gasteiger partial charge in [-0.25, -0.2) is 0 Å². The van der Waals surface area contributed by atoms with E-state index in [4.69, 9.17) is 19.9 Å². The summed E-state index contributed by atoms with van der Waals surface area (Å²) in [7, 11) is 0. The summed E-state index contributed by atoms with van der Waals surface area (Å²) in [6.07, 6.45) is 2.68. The number of nitrogens with zero attached hydrogens (tertiary/aromatic N) is 1. The van der Waals surface area contributed by atoms with E-state index in [1.807, 2.05) is 6.07 Å². The molecule has 0 fully saturated rings. The second kappa shape index (κ2) is 18.2. The van der Waals surface area contributed by atoms with E-state index in [1.165, 1.54) is 12.2 Å². The lowest BCUT2D eigenvalue weighted by Gasteiger charge is -2.16. The Hall–Kier alpha value is -4.14. The maximum atomic E-state index is 12.1. The molecule has 0 radical (unpaired) electrons. The van der Waals surface area contributed by atoms with Crippen molar-refractivity contribution in [1.82, 2.24) is 20.9 Å². The molecular formula is C26H35N5O9. The van der Waals surface area contributed by atoms with Crippen molar-refractivity contribution >= 4 is 35.4 Å². The van der Waals surface area contributed by atoms with Crippen LogP contribution in [0.5, 0.6) is 0 Å². The van der Waals surface area contributed by atoms with Crippen molar-refractivity contribution in [3.05, 3.63) is 48.0 Å². The van der Waals surface area contributed by atoms with Crippen molar-refractivity contribution in [3.63, 3.8) is 0 Å². The lowest BCUT2D eigenvalue weighted by atomic mass is 10.1. The molecule has 1 aromatic rings. The summed E-state index contributed by atoms with van der Waals surface area (Å²) in [6, 6.07) is 8.12. The van der Waals surface area contributed by atoms with Crippen molar-refractivity contribution in [2.75, 3.05) is 59.3 Å². The molecule has 2 rings (SSSR count). The van der Waals surface area contributed by atoms with Crippen LogP contribution in [0.15, 0.2) is 42.5 Å². The molecule has 1 aliphatic heterocycles. The maximum Gasteiger partial charge on any atom is 0.253 e. The topological polar surface area (TPSA) is 195 Å². The van der Waals surface area contributed by atoms with E-state index in [9.17, 15) is 28.8 Å². The van der Waals surface area contributed by atoms with Crippen molar-refractivity contribution in [1.29, 1.82) is 0 Å². The number of amides is 6. The molecule has 0 aromatic heterocycles. The molecule has 1 atom stereocenters. The molecule has 40 heavy (non-hydrogen) atoms. The first kappa shape index (κ1) is 32.1. The van der Waals surface area contributed by atoms with Crippen LogP contribution in [0.1, 0.15) is 12.0 Å². The molecule has 5 N–H and O–H groups in total. The number of carbonyl (C=O) groups is 6. The van der Waals surface area contributed by atoms with E-state index in [0.717, 1.165) is 10.5 Å². The van der Waals surface area contributed by atoms with Crippen LogP contribution in [0.3, 0.4) is 0 Å². The lowest BCUT2D eigenvalue weighted by Crippen LogP contribution is -2.49. The number of hydrogen-bond donors (Lipinski definition) is 4. The van der Waals surface area contributed by atoms with Crippen LogP contribution in [0.2, 0.25) is 0 Å². The van der Waals surface area contributed by atoms with Gasteiger partial charge >= 0.3 is 0 Å². The van der Waals surface area contributed by atoms with Gasteiger partial charge in [-0.2, -0.15) is 0 Å². The summed E-state index contributed by atoms with van der Waals surface area (Å²) in [5.74, 6) is -2.97. The predicted molar refractivity (Wildman–Crippen MR) is 140 cm³/mol. The van der Waals surface area contributed by atoms with E-state index in [1.54, 1.807) is 24.3 Å². The monoisotopic (exact) mass is 561 g/mol. The fourth-order valence-electron chi connectivity index (χ4n) is 3.34. The van der Waals surface area contributed by atoms with Gasteiger partial charge in [-0.3, -0.25) is 33.7 Å². The summed E-state index contributed by atoms with van der Waals surface area (Å²) in [6.45, 7) is 0.932. The highest BCUT2D eigenvalue weighted by Crippen LogP contribution is 2.03. The summed E-state index contributed by atoms with van der Waals surface area (Å²) >= 11 is 0. The quantitative estimate of drug-likeness (QED) is 0.101. The molecule has 1 aromatic carbocycles. The Morgan fingerprint density at radius 3 is 1.93 bits per heavy atom. The third-order valence-corrected chi connectivity index (χ3v) is 5.43. The second-order valence-corrected chi connectivity index (χ2v) is 8.51. The zero-order valence-corrected chi connectivity index (χ0v) is 22.1. The molecule has 14 heteroatoms. The fourth-order valence-corrected chi connectivity index (χ4v) is 3.34. The maximum absolute atomic E-state index is 12.1. The largest absolute Gasteiger partial charge is 0.379 e. The smallest absolute Gasteiger partial charge is 0.253 e. The van der Waals surface area contributed by atoms with Crippen LogP contribution in [-0.2, 0) is 49.4 Å². The molecule has 1 heterocycles. The van der Waals surface area contributed by atoms with E-state index in [2.05, 4.69) is 16.0 Å². The second-order valence-electron chi connectivity index (χ2n) is 8.51. The molecule has 14 nitrogen and oxygen atoms in total. The molecule has 218 valence electrons. The van der Waals surface area contributed by atoms with Gasteiger partial charge in [-0.15, -0.1) is 0 Å². The molecule has 6 amide bonds. The number of nitrogens with two attached hydrogens (primary N) is 1. The molecule has 0 saturated heterocycles. The first-order valence-corrected chi connectivity index (χ1v) is 12.7. The summed E-state index contributed by atoms with van der Waals surface area (Å²) in [4.78, 5) is 71.4. The molecule has 0 bridgehead atoms. The number of hydrogen-bond acceptors (Lipinski definition) is 9. The van der Waals surface area contributed by atoms with E-state index >= 15 is 0 Å². The van der Waals surface area contributed by atoms with E-state index in [-0.39, 0.29) is 77.3 Å². The molecule has 1 aliphatic rings. The molecule has 0 saturated carbocycles. The number of nitrogens with one attached hydrogen (secondary N) is 3. The van der Waals surface area contributed by atoms with Gasteiger partial charge in [0.05, 0.1) is 59.3 Å². The number of rotatable bonds is 20. The number of imide groups is 1. The predicted octanol–water partition coefficient (Wildman–Crippen LogP) is -2.20. The van der Waals surface area contributed by atoms with Gasteiger partial charge in [0, 0.05) is 25.0 Å². The van der Waals surface area contributed by atoms with E-state index in [0.29, 0.717) is 6.61 Å². The minimum atomic E-state index is -0.922. The molecule has 1 unspecified atom stereocenters. The Morgan fingerprint density at radius 1 is 0.750 bits per heavy atom. The molecule has 0 spiro atoms. The van der Waals surface area contributed by atoms with Gasteiger partial charge in [-0.05, 0) is 5.56 Å². The Bertz CT molecular complexity index is 1030. The van der Waals surface area contributed by atoms with Crippen molar-refractivity contribution in [2.45, 2.75) is 18.9 Å². The molecular weight excluding hydrogens is 526 g/mol. The first-order chi connectivity index (χ1) is 19.3. The summed E-state index contributed by atoms with van der Waals surface area (Å²) in [5, 5.41) is 7.27. The normalized spacial score (nSPS) is 13.2. The third kappa shape index (κ3) is 13.1. The fraction of sp³-hybridized carbons (Fsp3) is 0.462. The third-order valence-electron chi connectivity index (χ3n) is 5.43. The number of benzene rings is 1. The van der Waals surface area contributed by atoms with Crippen LogP contribution in [0, 0.1) is 0 Å². The highest BCUT2D eigenvalue weighted by molar-refractivity contribution is 6.12. The van der Waals surface area contributed by atoms with Crippen LogP contribution in [0.4, 0.5) is 0 Å². The highest BCUT2D eigenvalue weighted by Gasteiger charge is 2.22. The zero-order valence-electron chi connectivity index (χ0n) is 22.1. The van der Waals surface area contributed by atoms with Gasteiger partial charge in [0.1, 0.15) is 6.04 Å². The highest BCUT2D eigenvalue weighted by atomic mass is 16.5. The standard InChI is InChI=1S/C26H35N5O9/c27-26(37)20(16-19-4-2-1-3-5-19)30-23(34)18-29-22(33)17-28-21(32)8-10-38-12-14-40-15-13-39-11-9-31-24(35)6-7-25(31)36/h1-7,20H,8-18H2,(H2,27,37)(H,28,32)(H,29,33)(H,30,34).